The standard InChI is InChI=1S/C24H26N2O3/c1-18-11-21(23-13-25-26(15-23)14-19-7-9-28-10-8-19)12-22(16-27)24(18)29-17-20-5-3-2-4-6-20/h2-6,11-13,15-16,19H,7-10,14,17H2,1H3. The van der Waals surface area contributed by atoms with E-state index in [0.29, 0.717) is 23.8 Å². The van der Waals surface area contributed by atoms with Crippen LogP contribution in [0.4, 0.5) is 0 Å². The Labute approximate surface area is 171 Å². The topological polar surface area (TPSA) is 53.4 Å². The van der Waals surface area contributed by atoms with E-state index in [-0.39, 0.29) is 0 Å². The highest BCUT2D eigenvalue weighted by molar-refractivity contribution is 5.84. The molecule has 1 fully saturated rings. The van der Waals surface area contributed by atoms with Crippen LogP contribution in [-0.2, 0) is 17.9 Å². The zero-order chi connectivity index (χ0) is 20.1. The minimum atomic E-state index is 0.435. The lowest BCUT2D eigenvalue weighted by Gasteiger charge is -2.21. The molecule has 0 amide bonds. The first-order chi connectivity index (χ1) is 14.2. The predicted molar refractivity (Wildman–Crippen MR) is 112 cm³/mol. The summed E-state index contributed by atoms with van der Waals surface area (Å²) in [6.07, 6.45) is 6.95. The van der Waals surface area contributed by atoms with Crippen molar-refractivity contribution in [3.05, 3.63) is 71.5 Å². The van der Waals surface area contributed by atoms with E-state index in [9.17, 15) is 4.79 Å². The van der Waals surface area contributed by atoms with E-state index in [0.717, 1.165) is 61.1 Å². The van der Waals surface area contributed by atoms with Gasteiger partial charge in [0.05, 0.1) is 11.8 Å². The molecule has 0 spiro atoms. The normalized spacial score (nSPS) is 14.7. The number of carbonyl (C=O) groups is 1. The molecular formula is C24H26N2O3. The van der Waals surface area contributed by atoms with Crippen LogP contribution in [0.25, 0.3) is 11.1 Å². The molecule has 0 atom stereocenters. The van der Waals surface area contributed by atoms with Gasteiger partial charge in [0.25, 0.3) is 0 Å². The second-order valence-corrected chi connectivity index (χ2v) is 7.61. The second-order valence-electron chi connectivity index (χ2n) is 7.61. The fraction of sp³-hybridized carbons (Fsp3) is 0.333. The summed E-state index contributed by atoms with van der Waals surface area (Å²) in [4.78, 5) is 11.7. The fourth-order valence-corrected chi connectivity index (χ4v) is 3.79. The number of hydrogen-bond donors (Lipinski definition) is 0. The van der Waals surface area contributed by atoms with Gasteiger partial charge in [-0.2, -0.15) is 5.10 Å². The number of aldehydes is 1. The Hall–Kier alpha value is -2.92. The molecule has 2 aromatic carbocycles. The summed E-state index contributed by atoms with van der Waals surface area (Å²) in [6.45, 7) is 4.99. The first kappa shape index (κ1) is 19.4. The van der Waals surface area contributed by atoms with Gasteiger partial charge in [0.1, 0.15) is 12.4 Å². The maximum absolute atomic E-state index is 11.7. The van der Waals surface area contributed by atoms with Crippen molar-refractivity contribution in [2.24, 2.45) is 5.92 Å². The summed E-state index contributed by atoms with van der Waals surface area (Å²) >= 11 is 0. The van der Waals surface area contributed by atoms with Crippen molar-refractivity contribution in [2.75, 3.05) is 13.2 Å². The van der Waals surface area contributed by atoms with E-state index < -0.39 is 0 Å². The van der Waals surface area contributed by atoms with Gasteiger partial charge in [-0.05, 0) is 54.5 Å². The number of ether oxygens (including phenoxy) is 2. The number of carbonyl (C=O) groups excluding carboxylic acids is 1. The Morgan fingerprint density at radius 2 is 1.97 bits per heavy atom. The molecule has 0 saturated carbocycles. The van der Waals surface area contributed by atoms with Crippen molar-refractivity contribution in [3.63, 3.8) is 0 Å². The summed E-state index contributed by atoms with van der Waals surface area (Å²) in [5, 5.41) is 4.53. The molecule has 3 aromatic rings. The van der Waals surface area contributed by atoms with Crippen LogP contribution in [0.3, 0.4) is 0 Å². The molecule has 0 bridgehead atoms. The van der Waals surface area contributed by atoms with E-state index in [1.54, 1.807) is 0 Å². The highest BCUT2D eigenvalue weighted by Gasteiger charge is 2.16. The SMILES string of the molecule is Cc1cc(-c2cnn(CC3CCOCC3)c2)cc(C=O)c1OCc1ccccc1. The van der Waals surface area contributed by atoms with E-state index in [1.165, 1.54) is 0 Å². The van der Waals surface area contributed by atoms with Crippen molar-refractivity contribution in [1.29, 1.82) is 0 Å². The lowest BCUT2D eigenvalue weighted by Crippen LogP contribution is -2.20. The van der Waals surface area contributed by atoms with Gasteiger partial charge in [-0.25, -0.2) is 0 Å². The molecular weight excluding hydrogens is 364 g/mol. The van der Waals surface area contributed by atoms with Gasteiger partial charge >= 0.3 is 0 Å². The number of hydrogen-bond acceptors (Lipinski definition) is 4. The molecule has 0 radical (unpaired) electrons. The third-order valence-electron chi connectivity index (χ3n) is 5.41. The molecule has 0 unspecified atom stereocenters. The number of benzene rings is 2. The lowest BCUT2D eigenvalue weighted by atomic mass is 10.0. The summed E-state index contributed by atoms with van der Waals surface area (Å²) in [5.41, 5.74) is 4.57. The Balaban J connectivity index is 1.51. The summed E-state index contributed by atoms with van der Waals surface area (Å²) < 4.78 is 13.4. The molecule has 2 heterocycles. The maximum Gasteiger partial charge on any atom is 0.153 e. The van der Waals surface area contributed by atoms with Gasteiger partial charge in [0.15, 0.2) is 6.29 Å². The summed E-state index contributed by atoms with van der Waals surface area (Å²) in [6, 6.07) is 13.9. The van der Waals surface area contributed by atoms with Crippen LogP contribution >= 0.6 is 0 Å². The van der Waals surface area contributed by atoms with Crippen LogP contribution in [0.15, 0.2) is 54.9 Å². The first-order valence-corrected chi connectivity index (χ1v) is 10.1. The smallest absolute Gasteiger partial charge is 0.153 e. The molecule has 1 aromatic heterocycles. The van der Waals surface area contributed by atoms with E-state index >= 15 is 0 Å². The van der Waals surface area contributed by atoms with Crippen molar-refractivity contribution in [3.8, 4) is 16.9 Å². The van der Waals surface area contributed by atoms with Crippen LogP contribution in [-0.4, -0.2) is 29.3 Å². The molecule has 1 aliphatic rings. The average molecular weight is 390 g/mol. The van der Waals surface area contributed by atoms with E-state index in [2.05, 4.69) is 17.4 Å². The van der Waals surface area contributed by atoms with Gasteiger partial charge in [0, 0.05) is 31.5 Å². The Morgan fingerprint density at radius 1 is 1.17 bits per heavy atom. The third kappa shape index (κ3) is 4.74. The molecule has 5 heteroatoms. The molecule has 4 rings (SSSR count). The monoisotopic (exact) mass is 390 g/mol. The molecule has 5 nitrogen and oxygen atoms in total. The Morgan fingerprint density at radius 3 is 2.72 bits per heavy atom. The summed E-state index contributed by atoms with van der Waals surface area (Å²) in [5.74, 6) is 1.25. The number of aryl methyl sites for hydroxylation is 1. The summed E-state index contributed by atoms with van der Waals surface area (Å²) in [7, 11) is 0. The Kier molecular flexibility index (Phi) is 6.06. The highest BCUT2D eigenvalue weighted by atomic mass is 16.5. The lowest BCUT2D eigenvalue weighted by molar-refractivity contribution is 0.0601. The third-order valence-corrected chi connectivity index (χ3v) is 5.41. The van der Waals surface area contributed by atoms with Crippen molar-refractivity contribution in [2.45, 2.75) is 32.9 Å². The largest absolute Gasteiger partial charge is 0.488 e. The van der Waals surface area contributed by atoms with Gasteiger partial charge in [-0.1, -0.05) is 30.3 Å². The minimum Gasteiger partial charge on any atom is -0.488 e. The Bertz CT molecular complexity index is 960. The molecule has 0 aliphatic carbocycles. The van der Waals surface area contributed by atoms with Crippen molar-refractivity contribution < 1.29 is 14.3 Å². The molecule has 1 saturated heterocycles. The predicted octanol–water partition coefficient (Wildman–Crippen LogP) is 4.68. The van der Waals surface area contributed by atoms with E-state index in [4.69, 9.17) is 9.47 Å². The molecule has 150 valence electrons. The number of nitrogens with zero attached hydrogens (tertiary/aromatic N) is 2. The minimum absolute atomic E-state index is 0.435. The highest BCUT2D eigenvalue weighted by Crippen LogP contribution is 2.30. The average Bonchev–Trinajstić information content (AvgIpc) is 3.22. The van der Waals surface area contributed by atoms with Crippen LogP contribution in [0.1, 0.15) is 34.3 Å². The zero-order valence-electron chi connectivity index (χ0n) is 16.7. The van der Waals surface area contributed by atoms with Gasteiger partial charge in [0.2, 0.25) is 0 Å². The fourth-order valence-electron chi connectivity index (χ4n) is 3.79. The van der Waals surface area contributed by atoms with Crippen LogP contribution in [0, 0.1) is 12.8 Å². The quantitative estimate of drug-likeness (QED) is 0.550. The first-order valence-electron chi connectivity index (χ1n) is 10.1. The maximum atomic E-state index is 11.7. The zero-order valence-corrected chi connectivity index (χ0v) is 16.7. The number of rotatable bonds is 7. The molecule has 1 aliphatic heterocycles. The molecule has 0 N–H and O–H groups in total. The second kappa shape index (κ2) is 9.05. The number of aromatic nitrogens is 2. The molecule has 29 heavy (non-hydrogen) atoms. The van der Waals surface area contributed by atoms with Crippen LogP contribution < -0.4 is 4.74 Å². The van der Waals surface area contributed by atoms with Gasteiger partial charge in [-0.15, -0.1) is 0 Å². The van der Waals surface area contributed by atoms with Crippen molar-refractivity contribution in [1.82, 2.24) is 9.78 Å². The van der Waals surface area contributed by atoms with E-state index in [1.807, 2.05) is 54.2 Å². The van der Waals surface area contributed by atoms with Crippen LogP contribution in [0.2, 0.25) is 0 Å². The van der Waals surface area contributed by atoms with Gasteiger partial charge < -0.3 is 9.47 Å². The van der Waals surface area contributed by atoms with Crippen molar-refractivity contribution >= 4 is 6.29 Å². The van der Waals surface area contributed by atoms with Gasteiger partial charge in [-0.3, -0.25) is 9.48 Å². The van der Waals surface area contributed by atoms with Crippen LogP contribution in [0.5, 0.6) is 5.75 Å².